The van der Waals surface area contributed by atoms with Gasteiger partial charge in [-0.1, -0.05) is 49.4 Å². The molecule has 0 saturated heterocycles. The van der Waals surface area contributed by atoms with Crippen LogP contribution in [-0.4, -0.2) is 5.97 Å². The van der Waals surface area contributed by atoms with E-state index in [1.807, 2.05) is 45.9 Å². The molecule has 0 fully saturated rings. The highest BCUT2D eigenvalue weighted by Gasteiger charge is 2.29. The van der Waals surface area contributed by atoms with E-state index < -0.39 is 5.41 Å². The van der Waals surface area contributed by atoms with Crippen LogP contribution in [0.1, 0.15) is 45.8 Å². The smallest absolute Gasteiger partial charge is 0.312 e. The number of benzene rings is 3. The van der Waals surface area contributed by atoms with Gasteiger partial charge in [-0.25, -0.2) is 0 Å². The largest absolute Gasteiger partial charge is 0.457 e. The van der Waals surface area contributed by atoms with Crippen molar-refractivity contribution in [3.63, 3.8) is 0 Å². The third kappa shape index (κ3) is 3.01. The molecule has 124 valence electrons. The predicted molar refractivity (Wildman–Crippen MR) is 100 cm³/mol. The minimum Gasteiger partial charge on any atom is -0.457 e. The lowest BCUT2D eigenvalue weighted by atomic mass is 9.90. The lowest BCUT2D eigenvalue weighted by molar-refractivity contribution is -0.159. The van der Waals surface area contributed by atoms with Gasteiger partial charge in [0.2, 0.25) is 0 Å². The SMILES string of the molecule is CCC(C)(C)C(=O)OC(C)c1cccc2cc3ccccc3cc12. The molecule has 0 radical (unpaired) electrons. The summed E-state index contributed by atoms with van der Waals surface area (Å²) in [4.78, 5) is 12.4. The van der Waals surface area contributed by atoms with E-state index in [1.165, 1.54) is 16.2 Å². The first-order valence-corrected chi connectivity index (χ1v) is 8.55. The highest BCUT2D eigenvalue weighted by atomic mass is 16.5. The Kier molecular flexibility index (Phi) is 4.31. The fourth-order valence-corrected chi connectivity index (χ4v) is 2.87. The van der Waals surface area contributed by atoms with Gasteiger partial charge in [0.05, 0.1) is 5.41 Å². The average Bonchev–Trinajstić information content (AvgIpc) is 2.59. The summed E-state index contributed by atoms with van der Waals surface area (Å²) in [5.74, 6) is -0.143. The minimum atomic E-state index is -0.453. The number of carbonyl (C=O) groups excluding carboxylic acids is 1. The number of hydrogen-bond acceptors (Lipinski definition) is 2. The van der Waals surface area contributed by atoms with Crippen molar-refractivity contribution in [1.29, 1.82) is 0 Å². The zero-order valence-electron chi connectivity index (χ0n) is 14.8. The zero-order valence-corrected chi connectivity index (χ0v) is 14.8. The maximum absolute atomic E-state index is 12.4. The molecule has 3 rings (SSSR count). The summed E-state index contributed by atoms with van der Waals surface area (Å²) in [7, 11) is 0. The minimum absolute atomic E-state index is 0.143. The molecule has 3 aromatic rings. The number of esters is 1. The molecular weight excluding hydrogens is 296 g/mol. The summed E-state index contributed by atoms with van der Waals surface area (Å²) in [5, 5.41) is 4.73. The summed E-state index contributed by atoms with van der Waals surface area (Å²) in [5.41, 5.74) is 0.601. The third-order valence-electron chi connectivity index (χ3n) is 4.94. The maximum Gasteiger partial charge on any atom is 0.312 e. The van der Waals surface area contributed by atoms with Gasteiger partial charge in [0.1, 0.15) is 6.10 Å². The number of fused-ring (bicyclic) bond motifs is 2. The standard InChI is InChI=1S/C22H24O2/c1-5-22(3,4)21(23)24-15(2)19-12-8-11-18-13-16-9-6-7-10-17(16)14-20(18)19/h6-15H,5H2,1-4H3. The Hall–Kier alpha value is -2.35. The van der Waals surface area contributed by atoms with Gasteiger partial charge >= 0.3 is 5.97 Å². The molecule has 0 amide bonds. The van der Waals surface area contributed by atoms with Crippen LogP contribution in [0.15, 0.2) is 54.6 Å². The molecule has 0 aliphatic heterocycles. The van der Waals surface area contributed by atoms with E-state index in [9.17, 15) is 4.79 Å². The van der Waals surface area contributed by atoms with Gasteiger partial charge in [-0.3, -0.25) is 4.79 Å². The molecule has 0 bridgehead atoms. The van der Waals surface area contributed by atoms with Gasteiger partial charge in [0.15, 0.2) is 0 Å². The van der Waals surface area contributed by atoms with Crippen LogP contribution < -0.4 is 0 Å². The first-order valence-electron chi connectivity index (χ1n) is 8.55. The van der Waals surface area contributed by atoms with Gasteiger partial charge in [-0.2, -0.15) is 0 Å². The second kappa shape index (κ2) is 6.27. The van der Waals surface area contributed by atoms with Gasteiger partial charge in [-0.05, 0) is 60.9 Å². The van der Waals surface area contributed by atoms with E-state index in [0.717, 1.165) is 17.4 Å². The van der Waals surface area contributed by atoms with Crippen molar-refractivity contribution in [3.8, 4) is 0 Å². The molecule has 0 saturated carbocycles. The number of ether oxygens (including phenoxy) is 1. The molecule has 0 heterocycles. The Morgan fingerprint density at radius 3 is 2.29 bits per heavy atom. The molecule has 0 aliphatic carbocycles. The van der Waals surface area contributed by atoms with Crippen molar-refractivity contribution in [2.45, 2.75) is 40.2 Å². The van der Waals surface area contributed by atoms with Crippen LogP contribution in [0.4, 0.5) is 0 Å². The van der Waals surface area contributed by atoms with Gasteiger partial charge < -0.3 is 4.74 Å². The number of carbonyl (C=O) groups is 1. The first kappa shape index (κ1) is 16.5. The molecule has 1 atom stereocenters. The Balaban J connectivity index is 2.02. The Bertz CT molecular complexity index is 893. The highest BCUT2D eigenvalue weighted by molar-refractivity contribution is 5.99. The Labute approximate surface area is 143 Å². The number of hydrogen-bond donors (Lipinski definition) is 0. The second-order valence-corrected chi connectivity index (χ2v) is 7.05. The van der Waals surface area contributed by atoms with Crippen LogP contribution in [0.25, 0.3) is 21.5 Å². The van der Waals surface area contributed by atoms with E-state index in [1.54, 1.807) is 0 Å². The van der Waals surface area contributed by atoms with Crippen molar-refractivity contribution in [2.24, 2.45) is 5.41 Å². The zero-order chi connectivity index (χ0) is 17.3. The van der Waals surface area contributed by atoms with Crippen molar-refractivity contribution in [3.05, 3.63) is 60.2 Å². The van der Waals surface area contributed by atoms with Crippen molar-refractivity contribution < 1.29 is 9.53 Å². The summed E-state index contributed by atoms with van der Waals surface area (Å²) in [6, 6.07) is 18.9. The summed E-state index contributed by atoms with van der Waals surface area (Å²) in [6.07, 6.45) is 0.492. The molecule has 2 nitrogen and oxygen atoms in total. The Morgan fingerprint density at radius 1 is 1.00 bits per heavy atom. The lowest BCUT2D eigenvalue weighted by Crippen LogP contribution is -2.26. The monoisotopic (exact) mass is 320 g/mol. The first-order chi connectivity index (χ1) is 11.4. The fraction of sp³-hybridized carbons (Fsp3) is 0.318. The summed E-state index contributed by atoms with van der Waals surface area (Å²) < 4.78 is 5.77. The van der Waals surface area contributed by atoms with E-state index >= 15 is 0 Å². The average molecular weight is 320 g/mol. The van der Waals surface area contributed by atoms with Crippen LogP contribution in [0.2, 0.25) is 0 Å². The van der Waals surface area contributed by atoms with Crippen LogP contribution in [0.5, 0.6) is 0 Å². The molecule has 0 aromatic heterocycles. The molecule has 0 spiro atoms. The topological polar surface area (TPSA) is 26.3 Å². The molecule has 3 aromatic carbocycles. The van der Waals surface area contributed by atoms with Crippen molar-refractivity contribution in [1.82, 2.24) is 0 Å². The van der Waals surface area contributed by atoms with E-state index in [4.69, 9.17) is 4.74 Å². The lowest BCUT2D eigenvalue weighted by Gasteiger charge is -2.24. The summed E-state index contributed by atoms with van der Waals surface area (Å²) in [6.45, 7) is 7.82. The van der Waals surface area contributed by atoms with E-state index in [2.05, 4.69) is 36.4 Å². The molecular formula is C22H24O2. The molecule has 0 N–H and O–H groups in total. The molecule has 0 aliphatic rings. The number of rotatable bonds is 4. The molecule has 1 unspecified atom stereocenters. The molecule has 24 heavy (non-hydrogen) atoms. The Morgan fingerprint density at radius 2 is 1.62 bits per heavy atom. The van der Waals surface area contributed by atoms with Crippen molar-refractivity contribution >= 4 is 27.5 Å². The van der Waals surface area contributed by atoms with Gasteiger partial charge in [0.25, 0.3) is 0 Å². The fourth-order valence-electron chi connectivity index (χ4n) is 2.87. The van der Waals surface area contributed by atoms with E-state index in [-0.39, 0.29) is 12.1 Å². The van der Waals surface area contributed by atoms with Crippen LogP contribution >= 0.6 is 0 Å². The van der Waals surface area contributed by atoms with Gasteiger partial charge in [0, 0.05) is 5.56 Å². The second-order valence-electron chi connectivity index (χ2n) is 7.05. The summed E-state index contributed by atoms with van der Waals surface area (Å²) >= 11 is 0. The van der Waals surface area contributed by atoms with Crippen LogP contribution in [0, 0.1) is 5.41 Å². The van der Waals surface area contributed by atoms with E-state index in [0.29, 0.717) is 0 Å². The van der Waals surface area contributed by atoms with Crippen molar-refractivity contribution in [2.75, 3.05) is 0 Å². The molecule has 2 heteroatoms. The third-order valence-corrected chi connectivity index (χ3v) is 4.94. The van der Waals surface area contributed by atoms with Gasteiger partial charge in [-0.15, -0.1) is 0 Å². The maximum atomic E-state index is 12.4. The van der Waals surface area contributed by atoms with Crippen LogP contribution in [0.3, 0.4) is 0 Å². The quantitative estimate of drug-likeness (QED) is 0.433. The predicted octanol–water partition coefficient (Wildman–Crippen LogP) is 6.03. The highest BCUT2D eigenvalue weighted by Crippen LogP contribution is 2.32. The normalized spacial score (nSPS) is 13.2. The van der Waals surface area contributed by atoms with Crippen LogP contribution in [-0.2, 0) is 9.53 Å².